The number of likely N-dealkylation sites (tertiary alicyclic amines) is 1. The Morgan fingerprint density at radius 3 is 2.72 bits per heavy atom. The SMILES string of the molecule is O=C(OCC(=O)N1CCCC1c1ccc2c(c1)OCCO2)c1ccc(Cl)cc1O. The molecule has 1 saturated heterocycles. The van der Waals surface area contributed by atoms with Crippen LogP contribution in [0, 0.1) is 0 Å². The van der Waals surface area contributed by atoms with E-state index in [0.717, 1.165) is 18.4 Å². The van der Waals surface area contributed by atoms with Gasteiger partial charge in [0.1, 0.15) is 24.5 Å². The van der Waals surface area contributed by atoms with Gasteiger partial charge in [-0.25, -0.2) is 4.79 Å². The molecule has 1 atom stereocenters. The van der Waals surface area contributed by atoms with Gasteiger partial charge in [-0.2, -0.15) is 0 Å². The van der Waals surface area contributed by atoms with Crippen LogP contribution >= 0.6 is 11.6 Å². The van der Waals surface area contributed by atoms with Crippen LogP contribution in [-0.2, 0) is 9.53 Å². The number of ether oxygens (including phenoxy) is 3. The number of aromatic hydroxyl groups is 1. The first kappa shape index (κ1) is 19.4. The molecular weight excluding hydrogens is 398 g/mol. The van der Waals surface area contributed by atoms with Gasteiger partial charge in [0, 0.05) is 11.6 Å². The predicted molar refractivity (Wildman–Crippen MR) is 105 cm³/mol. The number of amides is 1. The minimum atomic E-state index is -0.775. The van der Waals surface area contributed by atoms with Crippen molar-refractivity contribution in [2.45, 2.75) is 18.9 Å². The second-order valence-electron chi connectivity index (χ2n) is 6.89. The second kappa shape index (κ2) is 8.21. The van der Waals surface area contributed by atoms with Gasteiger partial charge in [-0.3, -0.25) is 4.79 Å². The lowest BCUT2D eigenvalue weighted by molar-refractivity contribution is -0.135. The van der Waals surface area contributed by atoms with E-state index in [-0.39, 0.29) is 23.3 Å². The number of halogens is 1. The van der Waals surface area contributed by atoms with Crippen molar-refractivity contribution in [1.82, 2.24) is 4.90 Å². The van der Waals surface area contributed by atoms with Crippen LogP contribution in [-0.4, -0.2) is 48.2 Å². The molecule has 1 unspecified atom stereocenters. The molecule has 0 spiro atoms. The van der Waals surface area contributed by atoms with Gasteiger partial charge in [0.25, 0.3) is 5.91 Å². The topological polar surface area (TPSA) is 85.3 Å². The summed E-state index contributed by atoms with van der Waals surface area (Å²) in [4.78, 5) is 26.6. The fourth-order valence-electron chi connectivity index (χ4n) is 3.64. The fraction of sp³-hybridized carbons (Fsp3) is 0.333. The third kappa shape index (κ3) is 4.10. The second-order valence-corrected chi connectivity index (χ2v) is 7.32. The van der Waals surface area contributed by atoms with Crippen LogP contribution in [0.4, 0.5) is 0 Å². The van der Waals surface area contributed by atoms with Crippen LogP contribution in [0.1, 0.15) is 34.8 Å². The van der Waals surface area contributed by atoms with Gasteiger partial charge < -0.3 is 24.2 Å². The molecule has 152 valence electrons. The summed E-state index contributed by atoms with van der Waals surface area (Å²) in [6, 6.07) is 9.66. The van der Waals surface area contributed by atoms with E-state index in [1.165, 1.54) is 18.2 Å². The Balaban J connectivity index is 1.42. The van der Waals surface area contributed by atoms with Crippen molar-refractivity contribution in [1.29, 1.82) is 0 Å². The Labute approximate surface area is 172 Å². The average molecular weight is 418 g/mol. The highest BCUT2D eigenvalue weighted by Crippen LogP contribution is 2.38. The summed E-state index contributed by atoms with van der Waals surface area (Å²) in [5.41, 5.74) is 0.925. The van der Waals surface area contributed by atoms with Gasteiger partial charge in [0.15, 0.2) is 18.1 Å². The molecule has 0 aromatic heterocycles. The molecular formula is C21H20ClNO6. The van der Waals surface area contributed by atoms with Gasteiger partial charge in [-0.05, 0) is 48.7 Å². The number of benzene rings is 2. The van der Waals surface area contributed by atoms with Crippen molar-refractivity contribution >= 4 is 23.5 Å². The van der Waals surface area contributed by atoms with Gasteiger partial charge in [0.05, 0.1) is 6.04 Å². The number of nitrogens with zero attached hydrogens (tertiary/aromatic N) is 1. The first-order valence-electron chi connectivity index (χ1n) is 9.37. The van der Waals surface area contributed by atoms with Crippen LogP contribution in [0.3, 0.4) is 0 Å². The average Bonchev–Trinajstić information content (AvgIpc) is 3.21. The fourth-order valence-corrected chi connectivity index (χ4v) is 3.81. The molecule has 2 aliphatic heterocycles. The maximum atomic E-state index is 12.7. The van der Waals surface area contributed by atoms with Gasteiger partial charge in [-0.1, -0.05) is 17.7 Å². The van der Waals surface area contributed by atoms with Gasteiger partial charge in [0.2, 0.25) is 0 Å². The summed E-state index contributed by atoms with van der Waals surface area (Å²) in [6.45, 7) is 1.20. The highest BCUT2D eigenvalue weighted by atomic mass is 35.5. The molecule has 2 aliphatic rings. The van der Waals surface area contributed by atoms with Gasteiger partial charge in [-0.15, -0.1) is 0 Å². The van der Waals surface area contributed by atoms with Crippen molar-refractivity contribution in [3.63, 3.8) is 0 Å². The molecule has 2 heterocycles. The molecule has 1 N–H and O–H groups in total. The maximum absolute atomic E-state index is 12.7. The number of phenolic OH excluding ortho intramolecular Hbond substituents is 1. The summed E-state index contributed by atoms with van der Waals surface area (Å²) < 4.78 is 16.3. The van der Waals surface area contributed by atoms with Crippen LogP contribution < -0.4 is 9.47 Å². The molecule has 0 radical (unpaired) electrons. The van der Waals surface area contributed by atoms with Crippen LogP contribution in [0.15, 0.2) is 36.4 Å². The quantitative estimate of drug-likeness (QED) is 0.768. The smallest absolute Gasteiger partial charge is 0.342 e. The highest BCUT2D eigenvalue weighted by Gasteiger charge is 2.31. The standard InChI is InChI=1S/C21H20ClNO6/c22-14-4-5-15(17(24)11-14)21(26)29-12-20(25)23-7-1-2-16(23)13-3-6-18-19(10-13)28-9-8-27-18/h3-6,10-11,16,24H,1-2,7-9,12H2. The zero-order valence-electron chi connectivity index (χ0n) is 15.6. The van der Waals surface area contributed by atoms with Crippen molar-refractivity contribution < 1.29 is 28.9 Å². The summed E-state index contributed by atoms with van der Waals surface area (Å²) in [5, 5.41) is 10.1. The lowest BCUT2D eigenvalue weighted by Gasteiger charge is -2.26. The first-order valence-corrected chi connectivity index (χ1v) is 9.75. The number of hydrogen-bond donors (Lipinski definition) is 1. The van der Waals surface area contributed by atoms with E-state index < -0.39 is 12.6 Å². The van der Waals surface area contributed by atoms with E-state index >= 15 is 0 Å². The molecule has 0 aliphatic carbocycles. The monoisotopic (exact) mass is 417 g/mol. The highest BCUT2D eigenvalue weighted by molar-refractivity contribution is 6.30. The molecule has 0 saturated carbocycles. The largest absolute Gasteiger partial charge is 0.507 e. The van der Waals surface area contributed by atoms with E-state index in [1.54, 1.807) is 4.90 Å². The minimum absolute atomic E-state index is 0.0352. The number of esters is 1. The lowest BCUT2D eigenvalue weighted by Crippen LogP contribution is -2.34. The third-order valence-corrected chi connectivity index (χ3v) is 5.27. The zero-order chi connectivity index (χ0) is 20.4. The molecule has 1 fully saturated rings. The van der Waals surface area contributed by atoms with Crippen molar-refractivity contribution in [2.75, 3.05) is 26.4 Å². The van der Waals surface area contributed by atoms with E-state index in [2.05, 4.69) is 0 Å². The summed E-state index contributed by atoms with van der Waals surface area (Å²) in [5.74, 6) is 0.0299. The minimum Gasteiger partial charge on any atom is -0.507 e. The molecule has 2 aromatic rings. The molecule has 2 aromatic carbocycles. The lowest BCUT2D eigenvalue weighted by atomic mass is 10.0. The zero-order valence-corrected chi connectivity index (χ0v) is 16.4. The molecule has 4 rings (SSSR count). The molecule has 7 nitrogen and oxygen atoms in total. The number of hydrogen-bond acceptors (Lipinski definition) is 6. The Morgan fingerprint density at radius 1 is 1.14 bits per heavy atom. The summed E-state index contributed by atoms with van der Waals surface area (Å²) in [7, 11) is 0. The van der Waals surface area contributed by atoms with Crippen LogP contribution in [0.5, 0.6) is 17.2 Å². The van der Waals surface area contributed by atoms with E-state index in [9.17, 15) is 14.7 Å². The number of phenols is 1. The predicted octanol–water partition coefficient (Wildman–Crippen LogP) is 3.34. The Bertz CT molecular complexity index is 947. The van der Waals surface area contributed by atoms with Crippen molar-refractivity contribution in [2.24, 2.45) is 0 Å². The van der Waals surface area contributed by atoms with Crippen molar-refractivity contribution in [3.05, 3.63) is 52.5 Å². The molecule has 0 bridgehead atoms. The van der Waals surface area contributed by atoms with Crippen molar-refractivity contribution in [3.8, 4) is 17.2 Å². The summed E-state index contributed by atoms with van der Waals surface area (Å²) >= 11 is 5.76. The molecule has 1 amide bonds. The summed E-state index contributed by atoms with van der Waals surface area (Å²) in [6.07, 6.45) is 1.67. The molecule has 29 heavy (non-hydrogen) atoms. The van der Waals surface area contributed by atoms with E-state index in [1.807, 2.05) is 18.2 Å². The molecule has 8 heteroatoms. The van der Waals surface area contributed by atoms with E-state index in [4.69, 9.17) is 25.8 Å². The first-order chi connectivity index (χ1) is 14.0. The Kier molecular flexibility index (Phi) is 5.49. The Hall–Kier alpha value is -2.93. The maximum Gasteiger partial charge on any atom is 0.342 e. The number of carbonyl (C=O) groups excluding carboxylic acids is 2. The van der Waals surface area contributed by atoms with Gasteiger partial charge >= 0.3 is 5.97 Å². The van der Waals surface area contributed by atoms with Crippen LogP contribution in [0.25, 0.3) is 0 Å². The number of rotatable bonds is 4. The number of fused-ring (bicyclic) bond motifs is 1. The normalized spacial score (nSPS) is 17.8. The Morgan fingerprint density at radius 2 is 1.93 bits per heavy atom. The third-order valence-electron chi connectivity index (χ3n) is 5.03. The van der Waals surface area contributed by atoms with E-state index in [0.29, 0.717) is 36.3 Å². The van der Waals surface area contributed by atoms with Crippen LogP contribution in [0.2, 0.25) is 5.02 Å². The number of carbonyl (C=O) groups is 2.